The largest absolute Gasteiger partial charge is 0.479 e. The Morgan fingerprint density at radius 1 is 1.17 bits per heavy atom. The van der Waals surface area contributed by atoms with E-state index in [1.54, 1.807) is 0 Å². The summed E-state index contributed by atoms with van der Waals surface area (Å²) < 4.78 is 0. The summed E-state index contributed by atoms with van der Waals surface area (Å²) in [7, 11) is 0. The summed E-state index contributed by atoms with van der Waals surface area (Å²) in [5, 5.41) is 42.8. The molecule has 0 fully saturated rings. The number of aliphatic carboxylic acids is 1. The first-order valence-electron chi connectivity index (χ1n) is 3.37. The lowest BCUT2D eigenvalue weighted by Gasteiger charge is -2.16. The van der Waals surface area contributed by atoms with Crippen LogP contribution in [0.3, 0.4) is 0 Å². The highest BCUT2D eigenvalue weighted by atomic mass is 16.4. The van der Waals surface area contributed by atoms with E-state index in [4.69, 9.17) is 25.5 Å². The minimum absolute atomic E-state index is 0.503. The van der Waals surface area contributed by atoms with Crippen LogP contribution in [0, 0.1) is 0 Å². The lowest BCUT2D eigenvalue weighted by atomic mass is 10.1. The minimum Gasteiger partial charge on any atom is -0.479 e. The van der Waals surface area contributed by atoms with E-state index in [0.29, 0.717) is 0 Å². The maximum Gasteiger partial charge on any atom is 0.332 e. The Balaban J connectivity index is 3.83. The minimum atomic E-state index is -1.72. The molecule has 72 valence electrons. The summed E-state index contributed by atoms with van der Waals surface area (Å²) in [5.74, 6) is -1.47. The third-order valence-corrected chi connectivity index (χ3v) is 1.38. The van der Waals surface area contributed by atoms with Gasteiger partial charge in [0.2, 0.25) is 0 Å². The van der Waals surface area contributed by atoms with Gasteiger partial charge in [-0.2, -0.15) is 0 Å². The van der Waals surface area contributed by atoms with Crippen molar-refractivity contribution in [3.63, 3.8) is 0 Å². The molecular weight excluding hydrogens is 168 g/mol. The number of aliphatic hydroxyl groups is 4. The molecule has 0 aromatic rings. The maximum atomic E-state index is 10.0. The van der Waals surface area contributed by atoms with Crippen molar-refractivity contribution in [1.29, 1.82) is 0 Å². The van der Waals surface area contributed by atoms with Crippen LogP contribution >= 0.6 is 0 Å². The molecule has 0 aromatic heterocycles. The van der Waals surface area contributed by atoms with E-state index >= 15 is 0 Å². The van der Waals surface area contributed by atoms with Crippen molar-refractivity contribution >= 4 is 5.97 Å². The Morgan fingerprint density at radius 2 is 1.67 bits per heavy atom. The quantitative estimate of drug-likeness (QED) is 0.320. The zero-order chi connectivity index (χ0) is 9.72. The average molecular weight is 180 g/mol. The van der Waals surface area contributed by atoms with E-state index in [0.717, 1.165) is 0 Å². The van der Waals surface area contributed by atoms with Gasteiger partial charge in [0.1, 0.15) is 6.10 Å². The molecule has 0 aliphatic carbocycles. The second kappa shape index (κ2) is 5.04. The van der Waals surface area contributed by atoms with Crippen molar-refractivity contribution in [1.82, 2.24) is 0 Å². The summed E-state index contributed by atoms with van der Waals surface area (Å²) in [6, 6.07) is 0. The Morgan fingerprint density at radius 3 is 2.00 bits per heavy atom. The van der Waals surface area contributed by atoms with E-state index < -0.39 is 37.3 Å². The number of aliphatic hydroxyl groups excluding tert-OH is 4. The van der Waals surface area contributed by atoms with E-state index in [2.05, 4.69) is 0 Å². The summed E-state index contributed by atoms with van der Waals surface area (Å²) in [4.78, 5) is 10.0. The fourth-order valence-electron chi connectivity index (χ4n) is 0.608. The topological polar surface area (TPSA) is 118 Å². The van der Waals surface area contributed by atoms with Crippen LogP contribution in [0.25, 0.3) is 0 Å². The highest BCUT2D eigenvalue weighted by Gasteiger charge is 2.23. The molecule has 0 saturated carbocycles. The van der Waals surface area contributed by atoms with Gasteiger partial charge in [-0.25, -0.2) is 4.79 Å². The van der Waals surface area contributed by atoms with Gasteiger partial charge in [0, 0.05) is 6.42 Å². The van der Waals surface area contributed by atoms with Crippen molar-refractivity contribution in [3.05, 3.63) is 0 Å². The monoisotopic (exact) mass is 180 g/mol. The molecule has 0 bridgehead atoms. The SMILES string of the molecule is O=C(O)[C@@H](O)C[C@@H](O)[C@H](O)CO. The molecule has 5 N–H and O–H groups in total. The van der Waals surface area contributed by atoms with Gasteiger partial charge < -0.3 is 25.5 Å². The lowest BCUT2D eigenvalue weighted by Crippen LogP contribution is -2.35. The van der Waals surface area contributed by atoms with Gasteiger partial charge in [0.25, 0.3) is 0 Å². The standard InChI is InChI=1S/C6H12O6/c7-2-5(10)3(8)1-4(9)6(11)12/h3-5,7-10H,1-2H2,(H,11,12)/t3-,4+,5-/m1/s1. The first-order chi connectivity index (χ1) is 5.49. The van der Waals surface area contributed by atoms with Gasteiger partial charge in [-0.05, 0) is 0 Å². The maximum absolute atomic E-state index is 10.0. The Bertz CT molecular complexity index is 147. The molecule has 0 spiro atoms. The smallest absolute Gasteiger partial charge is 0.332 e. The van der Waals surface area contributed by atoms with E-state index in [1.165, 1.54) is 0 Å². The number of carboxylic acid groups (broad SMARTS) is 1. The molecular formula is C6H12O6. The molecule has 0 heterocycles. The second-order valence-electron chi connectivity index (χ2n) is 2.41. The Hall–Kier alpha value is -0.690. The van der Waals surface area contributed by atoms with Crippen LogP contribution in [0.1, 0.15) is 6.42 Å². The van der Waals surface area contributed by atoms with Gasteiger partial charge in [0.15, 0.2) is 6.10 Å². The first kappa shape index (κ1) is 11.3. The molecule has 3 atom stereocenters. The van der Waals surface area contributed by atoms with Crippen LogP contribution in [0.4, 0.5) is 0 Å². The lowest BCUT2D eigenvalue weighted by molar-refractivity contribution is -0.149. The van der Waals surface area contributed by atoms with Crippen LogP contribution in [-0.4, -0.2) is 56.4 Å². The summed E-state index contributed by atoms with van der Waals surface area (Å²) in [6.45, 7) is -0.673. The molecule has 0 aliphatic rings. The fourth-order valence-corrected chi connectivity index (χ4v) is 0.608. The van der Waals surface area contributed by atoms with Crippen molar-refractivity contribution in [3.8, 4) is 0 Å². The molecule has 6 heteroatoms. The number of carbonyl (C=O) groups is 1. The van der Waals surface area contributed by atoms with Crippen molar-refractivity contribution in [2.75, 3.05) is 6.61 Å². The normalized spacial score (nSPS) is 18.3. The highest BCUT2D eigenvalue weighted by Crippen LogP contribution is 2.02. The molecule has 0 rings (SSSR count). The van der Waals surface area contributed by atoms with Crippen LogP contribution in [0.15, 0.2) is 0 Å². The van der Waals surface area contributed by atoms with E-state index in [9.17, 15) is 4.79 Å². The summed E-state index contributed by atoms with van der Waals surface area (Å²) in [6.07, 6.45) is -5.07. The van der Waals surface area contributed by atoms with Gasteiger partial charge in [-0.3, -0.25) is 0 Å². The fraction of sp³-hybridized carbons (Fsp3) is 0.833. The van der Waals surface area contributed by atoms with Crippen LogP contribution in [0.5, 0.6) is 0 Å². The summed E-state index contributed by atoms with van der Waals surface area (Å²) in [5.41, 5.74) is 0. The molecule has 6 nitrogen and oxygen atoms in total. The number of carboxylic acids is 1. The van der Waals surface area contributed by atoms with Crippen LogP contribution < -0.4 is 0 Å². The van der Waals surface area contributed by atoms with Gasteiger partial charge in [0.05, 0.1) is 12.7 Å². The van der Waals surface area contributed by atoms with Crippen LogP contribution in [0.2, 0.25) is 0 Å². The third kappa shape index (κ3) is 3.63. The van der Waals surface area contributed by atoms with Gasteiger partial charge >= 0.3 is 5.97 Å². The van der Waals surface area contributed by atoms with Crippen molar-refractivity contribution in [2.24, 2.45) is 0 Å². The number of hydrogen-bond acceptors (Lipinski definition) is 5. The molecule has 0 aliphatic heterocycles. The molecule has 12 heavy (non-hydrogen) atoms. The van der Waals surface area contributed by atoms with E-state index in [-0.39, 0.29) is 0 Å². The Labute approximate surface area is 68.7 Å². The molecule has 0 aromatic carbocycles. The van der Waals surface area contributed by atoms with Gasteiger partial charge in [-0.1, -0.05) is 0 Å². The zero-order valence-electron chi connectivity index (χ0n) is 6.29. The first-order valence-corrected chi connectivity index (χ1v) is 3.37. The Kier molecular flexibility index (Phi) is 4.75. The molecule has 0 unspecified atom stereocenters. The number of hydrogen-bond donors (Lipinski definition) is 5. The second-order valence-corrected chi connectivity index (χ2v) is 2.41. The van der Waals surface area contributed by atoms with Crippen molar-refractivity contribution < 1.29 is 30.3 Å². The number of rotatable bonds is 5. The van der Waals surface area contributed by atoms with Crippen molar-refractivity contribution in [2.45, 2.75) is 24.7 Å². The third-order valence-electron chi connectivity index (χ3n) is 1.38. The summed E-state index contributed by atoms with van der Waals surface area (Å²) >= 11 is 0. The van der Waals surface area contributed by atoms with E-state index in [1.807, 2.05) is 0 Å². The highest BCUT2D eigenvalue weighted by molar-refractivity contribution is 5.71. The molecule has 0 saturated heterocycles. The zero-order valence-corrected chi connectivity index (χ0v) is 6.29. The molecule has 0 amide bonds. The van der Waals surface area contributed by atoms with Gasteiger partial charge in [-0.15, -0.1) is 0 Å². The predicted molar refractivity (Wildman–Crippen MR) is 37.4 cm³/mol. The predicted octanol–water partition coefficient (Wildman–Crippen LogP) is -2.46. The average Bonchev–Trinajstić information content (AvgIpc) is 2.02. The van der Waals surface area contributed by atoms with Crippen LogP contribution in [-0.2, 0) is 4.79 Å². The molecule has 0 radical (unpaired) electrons.